The molecule has 1 saturated carbocycles. The van der Waals surface area contributed by atoms with Gasteiger partial charge in [-0.1, -0.05) is 0 Å². The van der Waals surface area contributed by atoms with Crippen LogP contribution in [0.3, 0.4) is 0 Å². The lowest BCUT2D eigenvalue weighted by Crippen LogP contribution is -2.51. The van der Waals surface area contributed by atoms with Crippen LogP contribution < -0.4 is 11.1 Å². The summed E-state index contributed by atoms with van der Waals surface area (Å²) in [6, 6.07) is 1.98. The van der Waals surface area contributed by atoms with Gasteiger partial charge >= 0.3 is 0 Å². The lowest BCUT2D eigenvalue weighted by Gasteiger charge is -2.42. The number of nitrogens with one attached hydrogen (secondary N) is 1. The molecule has 2 aromatic heterocycles. The van der Waals surface area contributed by atoms with Crippen LogP contribution in [-0.4, -0.2) is 31.7 Å². The molecule has 2 aromatic rings. The quantitative estimate of drug-likeness (QED) is 0.815. The molecule has 0 aromatic carbocycles. The molecule has 1 fully saturated rings. The number of nitrogens with zero attached hydrogens (tertiary/aromatic N) is 4. The smallest absolute Gasteiger partial charge is 0.254 e. The van der Waals surface area contributed by atoms with Crippen molar-refractivity contribution in [3.63, 3.8) is 0 Å². The average Bonchev–Trinajstić information content (AvgIpc) is 2.71. The number of hydrogen-bond acceptors (Lipinski definition) is 5. The lowest BCUT2D eigenvalue weighted by molar-refractivity contribution is 0.286. The molecule has 0 bridgehead atoms. The Morgan fingerprint density at radius 3 is 3.00 bits per heavy atom. The minimum atomic E-state index is 0.0344. The van der Waals surface area contributed by atoms with Crippen LogP contribution in [0.25, 0.3) is 5.78 Å². The van der Waals surface area contributed by atoms with Crippen LogP contribution in [0.1, 0.15) is 25.0 Å². The van der Waals surface area contributed by atoms with E-state index in [2.05, 4.69) is 20.4 Å². The Morgan fingerprint density at radius 2 is 2.35 bits per heavy atom. The van der Waals surface area contributed by atoms with Crippen molar-refractivity contribution in [1.29, 1.82) is 0 Å². The molecule has 3 rings (SSSR count). The minimum Gasteiger partial charge on any atom is -0.363 e. The Balaban J connectivity index is 2.01. The predicted molar refractivity (Wildman–Crippen MR) is 64.8 cm³/mol. The summed E-state index contributed by atoms with van der Waals surface area (Å²) >= 11 is 0. The Bertz CT molecular complexity index is 536. The van der Waals surface area contributed by atoms with Crippen molar-refractivity contribution in [2.75, 3.05) is 11.9 Å². The van der Waals surface area contributed by atoms with Crippen LogP contribution >= 0.6 is 0 Å². The maximum Gasteiger partial charge on any atom is 0.254 e. The van der Waals surface area contributed by atoms with Crippen molar-refractivity contribution >= 4 is 11.6 Å². The van der Waals surface area contributed by atoms with Gasteiger partial charge in [0.05, 0.1) is 5.54 Å². The molecule has 0 atom stereocenters. The molecule has 6 heteroatoms. The summed E-state index contributed by atoms with van der Waals surface area (Å²) in [5.41, 5.74) is 6.82. The van der Waals surface area contributed by atoms with Gasteiger partial charge < -0.3 is 11.1 Å². The molecule has 1 aliphatic carbocycles. The first-order chi connectivity index (χ1) is 8.22. The molecule has 0 spiro atoms. The van der Waals surface area contributed by atoms with Gasteiger partial charge in [0.2, 0.25) is 0 Å². The molecular weight excluding hydrogens is 216 g/mol. The Kier molecular flexibility index (Phi) is 2.25. The molecule has 0 aliphatic heterocycles. The number of fused-ring (bicyclic) bond motifs is 1. The molecule has 17 heavy (non-hydrogen) atoms. The second-order valence-electron chi connectivity index (χ2n) is 4.72. The number of nitrogens with two attached hydrogens (primary N) is 1. The Labute approximate surface area is 99.3 Å². The molecule has 1 aliphatic rings. The van der Waals surface area contributed by atoms with E-state index in [1.165, 1.54) is 12.7 Å². The molecule has 0 radical (unpaired) electrons. The first-order valence-corrected chi connectivity index (χ1v) is 5.88. The van der Waals surface area contributed by atoms with Gasteiger partial charge in [-0.25, -0.2) is 4.98 Å². The zero-order valence-corrected chi connectivity index (χ0v) is 9.85. The largest absolute Gasteiger partial charge is 0.363 e. The molecular formula is C11H16N6. The van der Waals surface area contributed by atoms with Crippen molar-refractivity contribution in [2.24, 2.45) is 5.73 Å². The monoisotopic (exact) mass is 232 g/mol. The SMILES string of the molecule is Cc1cc(NC2(CN)CCC2)n2ncnc2n1. The number of aryl methyl sites for hydroxylation is 1. The van der Waals surface area contributed by atoms with E-state index >= 15 is 0 Å². The summed E-state index contributed by atoms with van der Waals surface area (Å²) in [6.07, 6.45) is 4.97. The van der Waals surface area contributed by atoms with Crippen LogP contribution in [0.2, 0.25) is 0 Å². The first-order valence-electron chi connectivity index (χ1n) is 5.88. The molecule has 0 saturated heterocycles. The summed E-state index contributed by atoms with van der Waals surface area (Å²) in [6.45, 7) is 2.60. The van der Waals surface area contributed by atoms with E-state index in [0.717, 1.165) is 24.4 Å². The lowest BCUT2D eigenvalue weighted by atomic mass is 9.77. The summed E-state index contributed by atoms with van der Waals surface area (Å²) in [5, 5.41) is 7.68. The maximum absolute atomic E-state index is 5.85. The standard InChI is InChI=1S/C11H16N6/c1-8-5-9(16-11(6-12)3-2-4-11)17-10(15-8)13-7-14-17/h5,7,16H,2-4,6,12H2,1H3. The fourth-order valence-electron chi connectivity index (χ4n) is 2.28. The summed E-state index contributed by atoms with van der Waals surface area (Å²) in [4.78, 5) is 8.42. The highest BCUT2D eigenvalue weighted by atomic mass is 15.4. The summed E-state index contributed by atoms with van der Waals surface area (Å²) in [7, 11) is 0. The van der Waals surface area contributed by atoms with Gasteiger partial charge in [-0.15, -0.1) is 0 Å². The topological polar surface area (TPSA) is 81.1 Å². The zero-order chi connectivity index (χ0) is 11.9. The maximum atomic E-state index is 5.85. The third-order valence-electron chi connectivity index (χ3n) is 3.47. The molecule has 90 valence electrons. The van der Waals surface area contributed by atoms with Crippen molar-refractivity contribution < 1.29 is 0 Å². The summed E-state index contributed by atoms with van der Waals surface area (Å²) < 4.78 is 1.72. The van der Waals surface area contributed by atoms with Gasteiger partial charge in [0, 0.05) is 18.3 Å². The van der Waals surface area contributed by atoms with E-state index < -0.39 is 0 Å². The van der Waals surface area contributed by atoms with Gasteiger partial charge in [-0.05, 0) is 26.2 Å². The molecule has 0 unspecified atom stereocenters. The fourth-order valence-corrected chi connectivity index (χ4v) is 2.28. The van der Waals surface area contributed by atoms with Crippen LogP contribution in [0, 0.1) is 6.92 Å². The van der Waals surface area contributed by atoms with Crippen LogP contribution in [0.4, 0.5) is 5.82 Å². The van der Waals surface area contributed by atoms with Crippen LogP contribution in [0.5, 0.6) is 0 Å². The van der Waals surface area contributed by atoms with Crippen LogP contribution in [-0.2, 0) is 0 Å². The average molecular weight is 232 g/mol. The Morgan fingerprint density at radius 1 is 1.53 bits per heavy atom. The van der Waals surface area contributed by atoms with Gasteiger partial charge in [0.1, 0.15) is 12.1 Å². The third kappa shape index (κ3) is 1.64. The number of anilines is 1. The highest BCUT2D eigenvalue weighted by Gasteiger charge is 2.36. The fraction of sp³-hybridized carbons (Fsp3) is 0.545. The second kappa shape index (κ2) is 3.66. The van der Waals surface area contributed by atoms with E-state index in [9.17, 15) is 0 Å². The molecule has 2 heterocycles. The minimum absolute atomic E-state index is 0.0344. The number of hydrogen-bond donors (Lipinski definition) is 2. The van der Waals surface area contributed by atoms with Crippen molar-refractivity contribution in [2.45, 2.75) is 31.7 Å². The van der Waals surface area contributed by atoms with Crippen molar-refractivity contribution in [1.82, 2.24) is 19.6 Å². The van der Waals surface area contributed by atoms with E-state index in [4.69, 9.17) is 5.73 Å². The van der Waals surface area contributed by atoms with Crippen molar-refractivity contribution in [3.05, 3.63) is 18.1 Å². The zero-order valence-electron chi connectivity index (χ0n) is 9.85. The van der Waals surface area contributed by atoms with Gasteiger partial charge in [0.15, 0.2) is 0 Å². The molecule has 3 N–H and O–H groups in total. The van der Waals surface area contributed by atoms with Crippen LogP contribution in [0.15, 0.2) is 12.4 Å². The van der Waals surface area contributed by atoms with E-state index in [1.807, 2.05) is 13.0 Å². The highest BCUT2D eigenvalue weighted by Crippen LogP contribution is 2.34. The highest BCUT2D eigenvalue weighted by molar-refractivity contribution is 5.47. The number of rotatable bonds is 3. The van der Waals surface area contributed by atoms with Gasteiger partial charge in [-0.3, -0.25) is 0 Å². The van der Waals surface area contributed by atoms with Gasteiger partial charge in [-0.2, -0.15) is 14.6 Å². The predicted octanol–water partition coefficient (Wildman–Crippen LogP) is 0.726. The normalized spacial score (nSPS) is 18.0. The van der Waals surface area contributed by atoms with Crippen molar-refractivity contribution in [3.8, 4) is 0 Å². The second-order valence-corrected chi connectivity index (χ2v) is 4.72. The third-order valence-corrected chi connectivity index (χ3v) is 3.47. The number of aromatic nitrogens is 4. The first kappa shape index (κ1) is 10.5. The summed E-state index contributed by atoms with van der Waals surface area (Å²) in [5.74, 6) is 1.55. The Hall–Kier alpha value is -1.69. The molecule has 0 amide bonds. The van der Waals surface area contributed by atoms with E-state index in [0.29, 0.717) is 12.3 Å². The molecule has 6 nitrogen and oxygen atoms in total. The van der Waals surface area contributed by atoms with Gasteiger partial charge in [0.25, 0.3) is 5.78 Å². The van der Waals surface area contributed by atoms with E-state index in [1.54, 1.807) is 4.52 Å². The van der Waals surface area contributed by atoms with E-state index in [-0.39, 0.29) is 5.54 Å².